The van der Waals surface area contributed by atoms with Crippen LogP contribution in [0.2, 0.25) is 10.0 Å². The second-order valence-corrected chi connectivity index (χ2v) is 4.48. The van der Waals surface area contributed by atoms with Crippen molar-refractivity contribution in [3.05, 3.63) is 34.4 Å². The molecule has 0 fully saturated rings. The van der Waals surface area contributed by atoms with E-state index in [1.807, 2.05) is 24.4 Å². The Morgan fingerprint density at radius 2 is 1.93 bits per heavy atom. The Balaban J connectivity index is 2.77. The van der Waals surface area contributed by atoms with Crippen LogP contribution in [0.4, 0.5) is 0 Å². The average molecular weight is 228 g/mol. The Kier molecular flexibility index (Phi) is 2.46. The SMILES string of the molecule is CC(C)n1cc(Cl)c2cc(Cl)ccc21. The van der Waals surface area contributed by atoms with Gasteiger partial charge in [0.1, 0.15) is 0 Å². The van der Waals surface area contributed by atoms with Gasteiger partial charge in [-0.3, -0.25) is 0 Å². The molecule has 0 saturated heterocycles. The lowest BCUT2D eigenvalue weighted by Crippen LogP contribution is -1.97. The summed E-state index contributed by atoms with van der Waals surface area (Å²) >= 11 is 12.0. The van der Waals surface area contributed by atoms with E-state index in [1.165, 1.54) is 0 Å². The predicted octanol–water partition coefficient (Wildman–Crippen LogP) is 4.53. The van der Waals surface area contributed by atoms with Crippen molar-refractivity contribution in [1.82, 2.24) is 4.57 Å². The normalized spacial score (nSPS) is 11.5. The molecule has 1 aromatic heterocycles. The standard InChI is InChI=1S/C11H11Cl2N/c1-7(2)14-6-10(13)9-5-8(12)3-4-11(9)14/h3-7H,1-2H3. The van der Waals surface area contributed by atoms with Crippen molar-refractivity contribution in [2.45, 2.75) is 19.9 Å². The van der Waals surface area contributed by atoms with E-state index in [2.05, 4.69) is 18.4 Å². The summed E-state index contributed by atoms with van der Waals surface area (Å²) in [6, 6.07) is 6.20. The number of halogens is 2. The first-order chi connectivity index (χ1) is 6.59. The highest BCUT2D eigenvalue weighted by atomic mass is 35.5. The molecule has 0 atom stereocenters. The van der Waals surface area contributed by atoms with Gasteiger partial charge in [0, 0.05) is 28.2 Å². The van der Waals surface area contributed by atoms with Crippen molar-refractivity contribution in [2.24, 2.45) is 0 Å². The van der Waals surface area contributed by atoms with Crippen LogP contribution < -0.4 is 0 Å². The van der Waals surface area contributed by atoms with Gasteiger partial charge in [-0.15, -0.1) is 0 Å². The molecule has 0 N–H and O–H groups in total. The zero-order valence-electron chi connectivity index (χ0n) is 8.09. The van der Waals surface area contributed by atoms with Gasteiger partial charge in [-0.1, -0.05) is 23.2 Å². The largest absolute Gasteiger partial charge is 0.343 e. The maximum Gasteiger partial charge on any atom is 0.0662 e. The van der Waals surface area contributed by atoms with Gasteiger partial charge in [-0.2, -0.15) is 0 Å². The summed E-state index contributed by atoms with van der Waals surface area (Å²) in [4.78, 5) is 0. The number of hydrogen-bond acceptors (Lipinski definition) is 0. The fraction of sp³-hybridized carbons (Fsp3) is 0.273. The highest BCUT2D eigenvalue weighted by Gasteiger charge is 2.08. The molecule has 1 aromatic carbocycles. The third-order valence-electron chi connectivity index (χ3n) is 2.30. The van der Waals surface area contributed by atoms with Gasteiger partial charge in [-0.05, 0) is 32.0 Å². The molecule has 14 heavy (non-hydrogen) atoms. The summed E-state index contributed by atoms with van der Waals surface area (Å²) in [5.41, 5.74) is 1.13. The number of aromatic nitrogens is 1. The number of benzene rings is 1. The van der Waals surface area contributed by atoms with Gasteiger partial charge in [-0.25, -0.2) is 0 Å². The summed E-state index contributed by atoms with van der Waals surface area (Å²) in [6.45, 7) is 4.26. The first-order valence-electron chi connectivity index (χ1n) is 4.55. The Morgan fingerprint density at radius 3 is 2.57 bits per heavy atom. The smallest absolute Gasteiger partial charge is 0.0662 e. The summed E-state index contributed by atoms with van der Waals surface area (Å²) in [6.07, 6.45) is 1.95. The molecule has 1 nitrogen and oxygen atoms in total. The molecule has 0 radical (unpaired) electrons. The van der Waals surface area contributed by atoms with E-state index in [0.29, 0.717) is 6.04 Å². The maximum atomic E-state index is 6.11. The van der Waals surface area contributed by atoms with Crippen LogP contribution >= 0.6 is 23.2 Å². The topological polar surface area (TPSA) is 4.93 Å². The molecular formula is C11H11Cl2N. The molecule has 0 spiro atoms. The van der Waals surface area contributed by atoms with Gasteiger partial charge in [0.15, 0.2) is 0 Å². The minimum atomic E-state index is 0.408. The lowest BCUT2D eigenvalue weighted by molar-refractivity contribution is 0.623. The first kappa shape index (κ1) is 9.88. The molecule has 0 aliphatic heterocycles. The molecular weight excluding hydrogens is 217 g/mol. The summed E-state index contributed by atoms with van der Waals surface area (Å²) in [5, 5.41) is 2.50. The third kappa shape index (κ3) is 1.51. The van der Waals surface area contributed by atoms with Crippen LogP contribution in [0.3, 0.4) is 0 Å². The molecule has 0 aliphatic carbocycles. The van der Waals surface area contributed by atoms with Crippen LogP contribution in [0, 0.1) is 0 Å². The molecule has 2 aromatic rings. The molecule has 2 rings (SSSR count). The Hall–Kier alpha value is -0.660. The van der Waals surface area contributed by atoms with Crippen molar-refractivity contribution in [3.63, 3.8) is 0 Å². The van der Waals surface area contributed by atoms with Crippen LogP contribution in [0.5, 0.6) is 0 Å². The molecule has 74 valence electrons. The number of rotatable bonds is 1. The molecule has 0 aliphatic rings. The van der Waals surface area contributed by atoms with Crippen molar-refractivity contribution in [2.75, 3.05) is 0 Å². The second kappa shape index (κ2) is 3.48. The number of hydrogen-bond donors (Lipinski definition) is 0. The minimum absolute atomic E-state index is 0.408. The zero-order valence-corrected chi connectivity index (χ0v) is 9.60. The van der Waals surface area contributed by atoms with Crippen LogP contribution in [0.15, 0.2) is 24.4 Å². The Morgan fingerprint density at radius 1 is 1.21 bits per heavy atom. The summed E-state index contributed by atoms with van der Waals surface area (Å²) in [5.74, 6) is 0. The first-order valence-corrected chi connectivity index (χ1v) is 5.31. The molecule has 0 unspecified atom stereocenters. The van der Waals surface area contributed by atoms with Crippen molar-refractivity contribution >= 4 is 34.1 Å². The highest BCUT2D eigenvalue weighted by Crippen LogP contribution is 2.30. The number of fused-ring (bicyclic) bond motifs is 1. The van der Waals surface area contributed by atoms with Crippen molar-refractivity contribution in [1.29, 1.82) is 0 Å². The summed E-state index contributed by atoms with van der Waals surface area (Å²) < 4.78 is 2.15. The van der Waals surface area contributed by atoms with Crippen LogP contribution in [-0.2, 0) is 0 Å². The Labute approximate surface area is 93.2 Å². The average Bonchev–Trinajstić information content (AvgIpc) is 2.44. The Bertz CT molecular complexity index is 471. The van der Waals surface area contributed by atoms with E-state index < -0.39 is 0 Å². The van der Waals surface area contributed by atoms with Crippen molar-refractivity contribution in [3.8, 4) is 0 Å². The minimum Gasteiger partial charge on any atom is -0.343 e. The van der Waals surface area contributed by atoms with E-state index in [4.69, 9.17) is 23.2 Å². The van der Waals surface area contributed by atoms with Gasteiger partial charge >= 0.3 is 0 Å². The fourth-order valence-electron chi connectivity index (χ4n) is 1.61. The van der Waals surface area contributed by atoms with Gasteiger partial charge < -0.3 is 4.57 Å². The lowest BCUT2D eigenvalue weighted by atomic mass is 10.2. The van der Waals surface area contributed by atoms with Gasteiger partial charge in [0.2, 0.25) is 0 Å². The maximum absolute atomic E-state index is 6.11. The zero-order chi connectivity index (χ0) is 10.3. The molecule has 0 saturated carbocycles. The van der Waals surface area contributed by atoms with E-state index in [9.17, 15) is 0 Å². The van der Waals surface area contributed by atoms with E-state index >= 15 is 0 Å². The molecule has 0 amide bonds. The highest BCUT2D eigenvalue weighted by molar-refractivity contribution is 6.37. The second-order valence-electron chi connectivity index (χ2n) is 3.64. The third-order valence-corrected chi connectivity index (χ3v) is 2.84. The lowest BCUT2D eigenvalue weighted by Gasteiger charge is -2.08. The van der Waals surface area contributed by atoms with E-state index in [-0.39, 0.29) is 0 Å². The predicted molar refractivity (Wildman–Crippen MR) is 62.3 cm³/mol. The van der Waals surface area contributed by atoms with E-state index in [1.54, 1.807) is 0 Å². The molecule has 0 bridgehead atoms. The van der Waals surface area contributed by atoms with E-state index in [0.717, 1.165) is 20.9 Å². The van der Waals surface area contributed by atoms with Crippen molar-refractivity contribution < 1.29 is 0 Å². The van der Waals surface area contributed by atoms with Gasteiger partial charge in [0.05, 0.1) is 5.02 Å². The quantitative estimate of drug-likeness (QED) is 0.675. The van der Waals surface area contributed by atoms with Crippen LogP contribution in [0.1, 0.15) is 19.9 Å². The fourth-order valence-corrected chi connectivity index (χ4v) is 2.04. The van der Waals surface area contributed by atoms with Gasteiger partial charge in [0.25, 0.3) is 0 Å². The van der Waals surface area contributed by atoms with Crippen LogP contribution in [-0.4, -0.2) is 4.57 Å². The number of nitrogens with zero attached hydrogens (tertiary/aromatic N) is 1. The monoisotopic (exact) mass is 227 g/mol. The molecule has 3 heteroatoms. The summed E-state index contributed by atoms with van der Waals surface area (Å²) in [7, 11) is 0. The van der Waals surface area contributed by atoms with Crippen LogP contribution in [0.25, 0.3) is 10.9 Å². The molecule has 1 heterocycles.